The summed E-state index contributed by atoms with van der Waals surface area (Å²) in [5, 5.41) is 21.1. The Hall–Kier alpha value is -2.08. The normalized spacial score (nSPS) is 18.5. The molecule has 0 saturated carbocycles. The first-order valence-electron chi connectivity index (χ1n) is 7.09. The molecular formula is C15H21N3O3. The molecule has 21 heavy (non-hydrogen) atoms. The van der Waals surface area contributed by atoms with E-state index in [-0.39, 0.29) is 24.3 Å². The highest BCUT2D eigenvalue weighted by atomic mass is 16.4. The largest absolute Gasteiger partial charge is 0.409 e. The van der Waals surface area contributed by atoms with Gasteiger partial charge in [-0.1, -0.05) is 35.5 Å². The van der Waals surface area contributed by atoms with Gasteiger partial charge in [0.2, 0.25) is 5.91 Å². The number of nitrogens with two attached hydrogens (primary N) is 1. The third-order valence-corrected chi connectivity index (χ3v) is 3.98. The van der Waals surface area contributed by atoms with Crippen LogP contribution in [0.2, 0.25) is 0 Å². The van der Waals surface area contributed by atoms with Crippen LogP contribution in [0.1, 0.15) is 24.3 Å². The number of rotatable bonds is 4. The van der Waals surface area contributed by atoms with E-state index in [1.807, 2.05) is 18.2 Å². The number of amidine groups is 1. The molecule has 2 rings (SSSR count). The van der Waals surface area contributed by atoms with Gasteiger partial charge in [-0.25, -0.2) is 0 Å². The van der Waals surface area contributed by atoms with Gasteiger partial charge in [0, 0.05) is 19.7 Å². The highest BCUT2D eigenvalue weighted by Crippen LogP contribution is 2.23. The molecule has 0 aromatic heterocycles. The van der Waals surface area contributed by atoms with Crippen molar-refractivity contribution in [2.45, 2.75) is 18.8 Å². The number of aliphatic hydroxyl groups is 1. The molecule has 1 heterocycles. The van der Waals surface area contributed by atoms with Crippen molar-refractivity contribution in [2.75, 3.05) is 19.7 Å². The summed E-state index contributed by atoms with van der Waals surface area (Å²) in [6, 6.07) is 9.07. The summed E-state index contributed by atoms with van der Waals surface area (Å²) >= 11 is 0. The lowest BCUT2D eigenvalue weighted by Crippen LogP contribution is -2.44. The number of hydrogen-bond acceptors (Lipinski definition) is 4. The van der Waals surface area contributed by atoms with Crippen LogP contribution in [0, 0.1) is 5.92 Å². The summed E-state index contributed by atoms with van der Waals surface area (Å²) < 4.78 is 0. The van der Waals surface area contributed by atoms with Gasteiger partial charge in [-0.2, -0.15) is 0 Å². The topological polar surface area (TPSA) is 99.2 Å². The summed E-state index contributed by atoms with van der Waals surface area (Å²) in [6.45, 7) is 1.34. The standard InChI is InChI=1S/C15H21N3O3/c16-14(17-21)13(12-4-2-1-3-5-12)15(20)18-8-6-11(10-19)7-9-18/h1-5,11,13,19,21H,6-10H2,(H2,16,17). The lowest BCUT2D eigenvalue weighted by Gasteiger charge is -2.33. The number of piperidine rings is 1. The van der Waals surface area contributed by atoms with Crippen molar-refractivity contribution in [3.63, 3.8) is 0 Å². The van der Waals surface area contributed by atoms with Gasteiger partial charge in [0.1, 0.15) is 5.92 Å². The molecular weight excluding hydrogens is 270 g/mol. The Kier molecular flexibility index (Phi) is 5.16. The Balaban J connectivity index is 2.16. The second-order valence-electron chi connectivity index (χ2n) is 5.32. The maximum absolute atomic E-state index is 12.7. The zero-order chi connectivity index (χ0) is 15.2. The Morgan fingerprint density at radius 3 is 2.48 bits per heavy atom. The Bertz CT molecular complexity index is 496. The van der Waals surface area contributed by atoms with E-state index in [9.17, 15) is 4.79 Å². The molecule has 0 radical (unpaired) electrons. The smallest absolute Gasteiger partial charge is 0.237 e. The fourth-order valence-corrected chi connectivity index (χ4v) is 2.66. The minimum absolute atomic E-state index is 0.101. The first-order chi connectivity index (χ1) is 10.2. The van der Waals surface area contributed by atoms with Crippen molar-refractivity contribution >= 4 is 11.7 Å². The van der Waals surface area contributed by atoms with Crippen LogP contribution >= 0.6 is 0 Å². The maximum Gasteiger partial charge on any atom is 0.237 e. The summed E-state index contributed by atoms with van der Waals surface area (Å²) in [4.78, 5) is 14.4. The predicted octanol–water partition coefficient (Wildman–Crippen LogP) is 0.747. The van der Waals surface area contributed by atoms with Crippen LogP contribution in [0.3, 0.4) is 0 Å². The van der Waals surface area contributed by atoms with Gasteiger partial charge in [0.25, 0.3) is 0 Å². The monoisotopic (exact) mass is 291 g/mol. The van der Waals surface area contributed by atoms with E-state index in [4.69, 9.17) is 16.0 Å². The molecule has 6 heteroatoms. The molecule has 1 aliphatic rings. The number of carbonyl (C=O) groups excluding carboxylic acids is 1. The molecule has 0 spiro atoms. The zero-order valence-corrected chi connectivity index (χ0v) is 11.9. The summed E-state index contributed by atoms with van der Waals surface area (Å²) in [5.41, 5.74) is 6.43. The van der Waals surface area contributed by atoms with Crippen LogP contribution in [-0.2, 0) is 4.79 Å². The molecule has 114 valence electrons. The fraction of sp³-hybridized carbons (Fsp3) is 0.467. The quantitative estimate of drug-likeness (QED) is 0.330. The molecule has 6 nitrogen and oxygen atoms in total. The third-order valence-electron chi connectivity index (χ3n) is 3.98. The molecule has 1 aromatic carbocycles. The lowest BCUT2D eigenvalue weighted by atomic mass is 9.93. The second-order valence-corrected chi connectivity index (χ2v) is 5.32. The molecule has 1 unspecified atom stereocenters. The number of likely N-dealkylation sites (tertiary alicyclic amines) is 1. The van der Waals surface area contributed by atoms with Crippen molar-refractivity contribution in [3.8, 4) is 0 Å². The fourth-order valence-electron chi connectivity index (χ4n) is 2.66. The minimum Gasteiger partial charge on any atom is -0.409 e. The van der Waals surface area contributed by atoms with Gasteiger partial charge < -0.3 is 20.9 Å². The van der Waals surface area contributed by atoms with Gasteiger partial charge in [0.05, 0.1) is 0 Å². The van der Waals surface area contributed by atoms with Gasteiger partial charge in [-0.3, -0.25) is 4.79 Å². The van der Waals surface area contributed by atoms with E-state index in [0.29, 0.717) is 18.7 Å². The first kappa shape index (κ1) is 15.3. The van der Waals surface area contributed by atoms with Crippen molar-refractivity contribution < 1.29 is 15.1 Å². The van der Waals surface area contributed by atoms with Crippen molar-refractivity contribution in [1.29, 1.82) is 0 Å². The average molecular weight is 291 g/mol. The van der Waals surface area contributed by atoms with E-state index >= 15 is 0 Å². The number of carbonyl (C=O) groups is 1. The highest BCUT2D eigenvalue weighted by molar-refractivity contribution is 6.07. The number of nitrogens with zero attached hydrogens (tertiary/aromatic N) is 2. The number of benzene rings is 1. The molecule has 0 aliphatic carbocycles. The Morgan fingerprint density at radius 2 is 1.95 bits per heavy atom. The summed E-state index contributed by atoms with van der Waals surface area (Å²) in [5.74, 6) is -0.765. The second kappa shape index (κ2) is 7.08. The molecule has 1 fully saturated rings. The number of amides is 1. The Labute approximate surface area is 123 Å². The molecule has 0 bridgehead atoms. The third kappa shape index (κ3) is 3.52. The van der Waals surface area contributed by atoms with Gasteiger partial charge in [0.15, 0.2) is 5.84 Å². The summed E-state index contributed by atoms with van der Waals surface area (Å²) in [6.07, 6.45) is 1.56. The Morgan fingerprint density at radius 1 is 1.33 bits per heavy atom. The molecule has 1 aliphatic heterocycles. The van der Waals surface area contributed by atoms with Crippen molar-refractivity contribution in [1.82, 2.24) is 4.90 Å². The van der Waals surface area contributed by atoms with Crippen molar-refractivity contribution in [2.24, 2.45) is 16.8 Å². The maximum atomic E-state index is 12.7. The van der Waals surface area contributed by atoms with Gasteiger partial charge in [-0.15, -0.1) is 0 Å². The average Bonchev–Trinajstić information content (AvgIpc) is 2.55. The highest BCUT2D eigenvalue weighted by Gasteiger charge is 2.31. The number of aliphatic hydroxyl groups excluding tert-OH is 1. The van der Waals surface area contributed by atoms with Crippen LogP contribution in [0.4, 0.5) is 0 Å². The lowest BCUT2D eigenvalue weighted by molar-refractivity contribution is -0.132. The van der Waals surface area contributed by atoms with Crippen LogP contribution in [0.15, 0.2) is 35.5 Å². The first-order valence-corrected chi connectivity index (χ1v) is 7.09. The van der Waals surface area contributed by atoms with Crippen LogP contribution in [-0.4, -0.2) is 46.7 Å². The summed E-state index contributed by atoms with van der Waals surface area (Å²) in [7, 11) is 0. The SMILES string of the molecule is NC(=NO)C(C(=O)N1CCC(CO)CC1)c1ccccc1. The van der Waals surface area contributed by atoms with E-state index in [2.05, 4.69) is 5.16 Å². The number of oxime groups is 1. The van der Waals surface area contributed by atoms with E-state index in [1.165, 1.54) is 0 Å². The molecule has 1 atom stereocenters. The van der Waals surface area contributed by atoms with E-state index in [1.54, 1.807) is 17.0 Å². The molecule has 1 aromatic rings. The molecule has 1 saturated heterocycles. The minimum atomic E-state index is -0.762. The van der Waals surface area contributed by atoms with E-state index < -0.39 is 5.92 Å². The van der Waals surface area contributed by atoms with Crippen molar-refractivity contribution in [3.05, 3.63) is 35.9 Å². The van der Waals surface area contributed by atoms with Crippen LogP contribution < -0.4 is 5.73 Å². The van der Waals surface area contributed by atoms with Crippen LogP contribution in [0.5, 0.6) is 0 Å². The number of hydrogen-bond donors (Lipinski definition) is 3. The van der Waals surface area contributed by atoms with E-state index in [0.717, 1.165) is 12.8 Å². The van der Waals surface area contributed by atoms with Crippen LogP contribution in [0.25, 0.3) is 0 Å². The van der Waals surface area contributed by atoms with Gasteiger partial charge >= 0.3 is 0 Å². The molecule has 1 amide bonds. The molecule has 4 N–H and O–H groups in total. The predicted molar refractivity (Wildman–Crippen MR) is 79.0 cm³/mol. The van der Waals surface area contributed by atoms with Gasteiger partial charge in [-0.05, 0) is 24.3 Å². The zero-order valence-electron chi connectivity index (χ0n) is 11.9.